The predicted octanol–water partition coefficient (Wildman–Crippen LogP) is 5.10. The number of carbonyl (C=O) groups is 1. The largest absolute Gasteiger partial charge is 0.507 e. The Labute approximate surface area is 166 Å². The molecule has 136 valence electrons. The summed E-state index contributed by atoms with van der Waals surface area (Å²) in [5, 5.41) is 14.3. The highest BCUT2D eigenvalue weighted by molar-refractivity contribution is 7.98. The Morgan fingerprint density at radius 1 is 1.04 bits per heavy atom. The number of carbonyl (C=O) groups excluding carboxylic acids is 1. The second-order valence-corrected chi connectivity index (χ2v) is 7.18. The molecule has 0 fully saturated rings. The SMILES string of the molecule is O=C(N/N=C\c1ccccc1O)c1ccc(CSc2ccc(Cl)cc2)cc1. The molecule has 0 atom stereocenters. The highest BCUT2D eigenvalue weighted by Gasteiger charge is 2.05. The van der Waals surface area contributed by atoms with Crippen LogP contribution in [0, 0.1) is 0 Å². The lowest BCUT2D eigenvalue weighted by Crippen LogP contribution is -2.17. The number of halogens is 1. The van der Waals surface area contributed by atoms with Crippen LogP contribution in [0.5, 0.6) is 5.75 Å². The summed E-state index contributed by atoms with van der Waals surface area (Å²) in [6, 6.07) is 21.8. The van der Waals surface area contributed by atoms with Crippen LogP contribution in [0.4, 0.5) is 0 Å². The molecule has 3 aromatic carbocycles. The lowest BCUT2D eigenvalue weighted by Gasteiger charge is -2.04. The second-order valence-electron chi connectivity index (χ2n) is 5.70. The number of para-hydroxylation sites is 1. The van der Waals surface area contributed by atoms with Gasteiger partial charge >= 0.3 is 0 Å². The summed E-state index contributed by atoms with van der Waals surface area (Å²) >= 11 is 7.59. The molecule has 2 N–H and O–H groups in total. The molecule has 0 aliphatic heterocycles. The van der Waals surface area contributed by atoms with Crippen LogP contribution >= 0.6 is 23.4 Å². The maximum atomic E-state index is 12.1. The van der Waals surface area contributed by atoms with Crippen molar-refractivity contribution in [3.8, 4) is 5.75 Å². The minimum Gasteiger partial charge on any atom is -0.507 e. The van der Waals surface area contributed by atoms with Gasteiger partial charge < -0.3 is 5.11 Å². The molecule has 0 aromatic heterocycles. The summed E-state index contributed by atoms with van der Waals surface area (Å²) in [4.78, 5) is 13.3. The molecule has 0 spiro atoms. The molecule has 0 bridgehead atoms. The fourth-order valence-corrected chi connectivity index (χ4v) is 3.25. The van der Waals surface area contributed by atoms with Crippen molar-refractivity contribution < 1.29 is 9.90 Å². The summed E-state index contributed by atoms with van der Waals surface area (Å²) < 4.78 is 0. The number of hydrogen-bond acceptors (Lipinski definition) is 4. The third-order valence-electron chi connectivity index (χ3n) is 3.74. The second kappa shape index (κ2) is 9.26. The first-order chi connectivity index (χ1) is 13.1. The van der Waals surface area contributed by atoms with Gasteiger partial charge in [-0.1, -0.05) is 35.9 Å². The predicted molar refractivity (Wildman–Crippen MR) is 111 cm³/mol. The van der Waals surface area contributed by atoms with Crippen LogP contribution in [0.25, 0.3) is 0 Å². The number of benzene rings is 3. The van der Waals surface area contributed by atoms with Crippen molar-refractivity contribution in [3.63, 3.8) is 0 Å². The van der Waals surface area contributed by atoms with Gasteiger partial charge in [-0.15, -0.1) is 11.8 Å². The quantitative estimate of drug-likeness (QED) is 0.346. The number of amides is 1. The van der Waals surface area contributed by atoms with E-state index in [-0.39, 0.29) is 11.7 Å². The first kappa shape index (κ1) is 19.0. The van der Waals surface area contributed by atoms with E-state index in [4.69, 9.17) is 11.6 Å². The summed E-state index contributed by atoms with van der Waals surface area (Å²) in [7, 11) is 0. The van der Waals surface area contributed by atoms with E-state index in [9.17, 15) is 9.90 Å². The zero-order valence-electron chi connectivity index (χ0n) is 14.3. The molecule has 0 saturated heterocycles. The molecule has 27 heavy (non-hydrogen) atoms. The van der Waals surface area contributed by atoms with E-state index < -0.39 is 0 Å². The van der Waals surface area contributed by atoms with Gasteiger partial charge in [0.1, 0.15) is 5.75 Å². The monoisotopic (exact) mass is 396 g/mol. The van der Waals surface area contributed by atoms with E-state index in [2.05, 4.69) is 10.5 Å². The van der Waals surface area contributed by atoms with Gasteiger partial charge in [-0.05, 0) is 54.1 Å². The number of nitrogens with zero attached hydrogens (tertiary/aromatic N) is 1. The maximum Gasteiger partial charge on any atom is 0.271 e. The number of phenols is 1. The van der Waals surface area contributed by atoms with Gasteiger partial charge in [-0.2, -0.15) is 5.10 Å². The van der Waals surface area contributed by atoms with E-state index in [0.29, 0.717) is 11.1 Å². The topological polar surface area (TPSA) is 61.7 Å². The minimum absolute atomic E-state index is 0.109. The Bertz CT molecular complexity index is 941. The zero-order chi connectivity index (χ0) is 19.1. The summed E-state index contributed by atoms with van der Waals surface area (Å²) in [5.41, 5.74) is 4.63. The van der Waals surface area contributed by atoms with Crippen LogP contribution in [-0.4, -0.2) is 17.2 Å². The molecule has 0 radical (unpaired) electrons. The van der Waals surface area contributed by atoms with Crippen molar-refractivity contribution >= 4 is 35.5 Å². The van der Waals surface area contributed by atoms with Gasteiger partial charge in [0.05, 0.1) is 6.21 Å². The number of nitrogens with one attached hydrogen (secondary N) is 1. The Hall–Kier alpha value is -2.76. The third-order valence-corrected chi connectivity index (χ3v) is 5.08. The molecular formula is C21H17ClN2O2S. The highest BCUT2D eigenvalue weighted by atomic mass is 35.5. The summed E-state index contributed by atoms with van der Waals surface area (Å²) in [6.07, 6.45) is 1.41. The average molecular weight is 397 g/mol. The molecule has 0 aliphatic rings. The van der Waals surface area contributed by atoms with Gasteiger partial charge in [-0.3, -0.25) is 4.79 Å². The minimum atomic E-state index is -0.307. The number of aromatic hydroxyl groups is 1. The van der Waals surface area contributed by atoms with Crippen molar-refractivity contribution in [2.75, 3.05) is 0 Å². The Morgan fingerprint density at radius 3 is 2.44 bits per heavy atom. The van der Waals surface area contributed by atoms with Crippen LogP contribution in [0.3, 0.4) is 0 Å². The van der Waals surface area contributed by atoms with Crippen molar-refractivity contribution in [1.82, 2.24) is 5.43 Å². The van der Waals surface area contributed by atoms with E-state index >= 15 is 0 Å². The molecule has 0 saturated carbocycles. The molecular weight excluding hydrogens is 380 g/mol. The molecule has 3 aromatic rings. The van der Waals surface area contributed by atoms with Gasteiger partial charge in [0.2, 0.25) is 0 Å². The normalized spacial score (nSPS) is 10.9. The lowest BCUT2D eigenvalue weighted by atomic mass is 10.1. The standard InChI is InChI=1S/C21H17ClN2O2S/c22-18-9-11-19(12-10-18)27-14-15-5-7-16(8-6-15)21(26)24-23-13-17-3-1-2-4-20(17)25/h1-13,25H,14H2,(H,24,26)/b23-13-. The molecule has 4 nitrogen and oxygen atoms in total. The molecule has 1 amide bonds. The number of hydrogen-bond donors (Lipinski definition) is 2. The lowest BCUT2D eigenvalue weighted by molar-refractivity contribution is 0.0955. The molecule has 0 unspecified atom stereocenters. The Balaban J connectivity index is 1.54. The molecule has 3 rings (SSSR count). The van der Waals surface area contributed by atoms with Crippen LogP contribution in [0.1, 0.15) is 21.5 Å². The van der Waals surface area contributed by atoms with Crippen molar-refractivity contribution in [2.24, 2.45) is 5.10 Å². The van der Waals surface area contributed by atoms with Crippen LogP contribution in [-0.2, 0) is 5.75 Å². The van der Waals surface area contributed by atoms with E-state index in [1.54, 1.807) is 48.2 Å². The number of rotatable bonds is 6. The first-order valence-electron chi connectivity index (χ1n) is 8.20. The third kappa shape index (κ3) is 5.61. The summed E-state index contributed by atoms with van der Waals surface area (Å²) in [5.74, 6) is 0.603. The number of phenolic OH excluding ortho intramolecular Hbond substituents is 1. The van der Waals surface area contributed by atoms with E-state index in [1.165, 1.54) is 6.21 Å². The van der Waals surface area contributed by atoms with Gasteiger partial charge in [0.15, 0.2) is 0 Å². The maximum absolute atomic E-state index is 12.1. The van der Waals surface area contributed by atoms with Crippen LogP contribution in [0.15, 0.2) is 82.8 Å². The van der Waals surface area contributed by atoms with Gasteiger partial charge in [0.25, 0.3) is 5.91 Å². The van der Waals surface area contributed by atoms with E-state index in [0.717, 1.165) is 21.2 Å². The fourth-order valence-electron chi connectivity index (χ4n) is 2.27. The molecule has 6 heteroatoms. The fraction of sp³-hybridized carbons (Fsp3) is 0.0476. The van der Waals surface area contributed by atoms with E-state index in [1.807, 2.05) is 36.4 Å². The Morgan fingerprint density at radius 2 is 1.74 bits per heavy atom. The molecule has 0 aliphatic carbocycles. The van der Waals surface area contributed by atoms with Gasteiger partial charge in [0, 0.05) is 26.8 Å². The summed E-state index contributed by atoms with van der Waals surface area (Å²) in [6.45, 7) is 0. The van der Waals surface area contributed by atoms with Crippen molar-refractivity contribution in [2.45, 2.75) is 10.6 Å². The smallest absolute Gasteiger partial charge is 0.271 e. The van der Waals surface area contributed by atoms with Gasteiger partial charge in [-0.25, -0.2) is 5.43 Å². The molecule has 0 heterocycles. The number of thioether (sulfide) groups is 1. The number of hydrazone groups is 1. The van der Waals surface area contributed by atoms with Crippen LogP contribution in [0.2, 0.25) is 5.02 Å². The average Bonchev–Trinajstić information content (AvgIpc) is 2.69. The first-order valence-corrected chi connectivity index (χ1v) is 9.57. The zero-order valence-corrected chi connectivity index (χ0v) is 15.9. The highest BCUT2D eigenvalue weighted by Crippen LogP contribution is 2.24. The van der Waals surface area contributed by atoms with Crippen molar-refractivity contribution in [3.05, 3.63) is 94.5 Å². The van der Waals surface area contributed by atoms with Crippen LogP contribution < -0.4 is 5.43 Å². The van der Waals surface area contributed by atoms with Crippen molar-refractivity contribution in [1.29, 1.82) is 0 Å². The Kier molecular flexibility index (Phi) is 6.52.